The van der Waals surface area contributed by atoms with Gasteiger partial charge >= 0.3 is 0 Å². The van der Waals surface area contributed by atoms with E-state index in [9.17, 15) is 0 Å². The van der Waals surface area contributed by atoms with Crippen LogP contribution in [-0.4, -0.2) is 16.1 Å². The lowest BCUT2D eigenvalue weighted by atomic mass is 9.82. The standard InChI is InChI=1S/C17H29N3/c1-3-7-18-16(15-12-13-5-6-14(15)11-13)17-19-8-10-20(17)9-4-2/h8,10,13-16,18H,3-7,9,11-12H2,1-2H3. The zero-order valence-electron chi connectivity index (χ0n) is 13.0. The predicted molar refractivity (Wildman–Crippen MR) is 82.5 cm³/mol. The zero-order valence-corrected chi connectivity index (χ0v) is 13.0. The minimum Gasteiger partial charge on any atom is -0.334 e. The normalized spacial score (nSPS) is 30.0. The van der Waals surface area contributed by atoms with Crippen LogP contribution in [0.15, 0.2) is 12.4 Å². The Balaban J connectivity index is 1.80. The Morgan fingerprint density at radius 1 is 1.30 bits per heavy atom. The minimum atomic E-state index is 0.479. The van der Waals surface area contributed by atoms with Crippen molar-refractivity contribution in [2.24, 2.45) is 17.8 Å². The van der Waals surface area contributed by atoms with Gasteiger partial charge in [0.2, 0.25) is 0 Å². The Morgan fingerprint density at radius 2 is 2.20 bits per heavy atom. The molecular weight excluding hydrogens is 246 g/mol. The summed E-state index contributed by atoms with van der Waals surface area (Å²) >= 11 is 0. The van der Waals surface area contributed by atoms with Crippen molar-refractivity contribution in [3.8, 4) is 0 Å². The Morgan fingerprint density at radius 3 is 2.85 bits per heavy atom. The van der Waals surface area contributed by atoms with E-state index in [2.05, 4.69) is 29.9 Å². The summed E-state index contributed by atoms with van der Waals surface area (Å²) in [5.74, 6) is 4.06. The Hall–Kier alpha value is -0.830. The van der Waals surface area contributed by atoms with E-state index >= 15 is 0 Å². The smallest absolute Gasteiger partial charge is 0.126 e. The monoisotopic (exact) mass is 275 g/mol. The van der Waals surface area contributed by atoms with Gasteiger partial charge in [-0.05, 0) is 56.4 Å². The highest BCUT2D eigenvalue weighted by Gasteiger charge is 2.44. The molecule has 1 heterocycles. The molecule has 1 aromatic heterocycles. The first-order valence-electron chi connectivity index (χ1n) is 8.57. The number of hydrogen-bond donors (Lipinski definition) is 1. The van der Waals surface area contributed by atoms with Crippen LogP contribution in [0.25, 0.3) is 0 Å². The van der Waals surface area contributed by atoms with Crippen LogP contribution in [0.2, 0.25) is 0 Å². The van der Waals surface area contributed by atoms with Crippen LogP contribution < -0.4 is 5.32 Å². The fourth-order valence-corrected chi connectivity index (χ4v) is 4.47. The Bertz CT molecular complexity index is 426. The minimum absolute atomic E-state index is 0.479. The van der Waals surface area contributed by atoms with Gasteiger partial charge in [0.05, 0.1) is 6.04 Å². The maximum absolute atomic E-state index is 4.72. The second-order valence-electron chi connectivity index (χ2n) is 6.75. The fraction of sp³-hybridized carbons (Fsp3) is 0.824. The number of hydrogen-bond acceptors (Lipinski definition) is 2. The van der Waals surface area contributed by atoms with Crippen LogP contribution in [0, 0.1) is 17.8 Å². The number of fused-ring (bicyclic) bond motifs is 2. The summed E-state index contributed by atoms with van der Waals surface area (Å²) in [6.45, 7) is 6.71. The van der Waals surface area contributed by atoms with E-state index in [-0.39, 0.29) is 0 Å². The lowest BCUT2D eigenvalue weighted by Crippen LogP contribution is -2.34. The van der Waals surface area contributed by atoms with Crippen LogP contribution in [0.4, 0.5) is 0 Å². The Kier molecular flexibility index (Phi) is 4.45. The highest BCUT2D eigenvalue weighted by atomic mass is 15.1. The van der Waals surface area contributed by atoms with Crippen molar-refractivity contribution in [1.29, 1.82) is 0 Å². The molecule has 20 heavy (non-hydrogen) atoms. The Labute approximate surface area is 123 Å². The lowest BCUT2D eigenvalue weighted by molar-refractivity contribution is 0.239. The number of rotatable bonds is 7. The van der Waals surface area contributed by atoms with E-state index in [1.165, 1.54) is 44.3 Å². The van der Waals surface area contributed by atoms with Crippen molar-refractivity contribution in [3.63, 3.8) is 0 Å². The zero-order chi connectivity index (χ0) is 13.9. The van der Waals surface area contributed by atoms with Gasteiger partial charge in [-0.2, -0.15) is 0 Å². The molecule has 0 spiro atoms. The molecule has 4 atom stereocenters. The first kappa shape index (κ1) is 14.1. The molecule has 0 aliphatic heterocycles. The van der Waals surface area contributed by atoms with Gasteiger partial charge in [-0.3, -0.25) is 0 Å². The van der Waals surface area contributed by atoms with Gasteiger partial charge in [-0.1, -0.05) is 20.3 Å². The third-order valence-corrected chi connectivity index (χ3v) is 5.33. The summed E-state index contributed by atoms with van der Waals surface area (Å²) in [5, 5.41) is 3.81. The van der Waals surface area contributed by atoms with E-state index in [1.807, 2.05) is 6.20 Å². The molecular formula is C17H29N3. The highest BCUT2D eigenvalue weighted by molar-refractivity contribution is 5.06. The second kappa shape index (κ2) is 6.30. The molecule has 4 unspecified atom stereocenters. The molecule has 2 fully saturated rings. The second-order valence-corrected chi connectivity index (χ2v) is 6.75. The van der Waals surface area contributed by atoms with Crippen molar-refractivity contribution in [3.05, 3.63) is 18.2 Å². The molecule has 3 nitrogen and oxygen atoms in total. The van der Waals surface area contributed by atoms with Gasteiger partial charge in [0.15, 0.2) is 0 Å². The number of aryl methyl sites for hydroxylation is 1. The number of imidazole rings is 1. The van der Waals surface area contributed by atoms with E-state index < -0.39 is 0 Å². The summed E-state index contributed by atoms with van der Waals surface area (Å²) in [5.41, 5.74) is 0. The fourth-order valence-electron chi connectivity index (χ4n) is 4.47. The predicted octanol–water partition coefficient (Wildman–Crippen LogP) is 3.77. The molecule has 3 heteroatoms. The summed E-state index contributed by atoms with van der Waals surface area (Å²) in [4.78, 5) is 4.72. The molecule has 0 saturated heterocycles. The maximum atomic E-state index is 4.72. The summed E-state index contributed by atoms with van der Waals surface area (Å²) in [7, 11) is 0. The first-order valence-corrected chi connectivity index (χ1v) is 8.57. The summed E-state index contributed by atoms with van der Waals surface area (Å²) < 4.78 is 2.37. The molecule has 2 saturated carbocycles. The number of aromatic nitrogens is 2. The van der Waals surface area contributed by atoms with Gasteiger partial charge < -0.3 is 9.88 Å². The van der Waals surface area contributed by atoms with Gasteiger partial charge in [0.25, 0.3) is 0 Å². The van der Waals surface area contributed by atoms with Crippen LogP contribution >= 0.6 is 0 Å². The van der Waals surface area contributed by atoms with Gasteiger partial charge in [0, 0.05) is 18.9 Å². The van der Waals surface area contributed by atoms with Crippen LogP contribution in [0.5, 0.6) is 0 Å². The third-order valence-electron chi connectivity index (χ3n) is 5.33. The lowest BCUT2D eigenvalue weighted by Gasteiger charge is -2.31. The molecule has 3 rings (SSSR count). The molecule has 1 aromatic rings. The van der Waals surface area contributed by atoms with Crippen LogP contribution in [0.3, 0.4) is 0 Å². The third kappa shape index (κ3) is 2.65. The van der Waals surface area contributed by atoms with Crippen molar-refractivity contribution in [2.45, 2.75) is 65.0 Å². The van der Waals surface area contributed by atoms with E-state index in [1.54, 1.807) is 0 Å². The van der Waals surface area contributed by atoms with Crippen molar-refractivity contribution in [2.75, 3.05) is 6.54 Å². The molecule has 112 valence electrons. The first-order chi connectivity index (χ1) is 9.83. The van der Waals surface area contributed by atoms with Gasteiger partial charge in [-0.15, -0.1) is 0 Å². The SMILES string of the molecule is CCCNC(c1nccn1CCC)C1CC2CCC1C2. The maximum Gasteiger partial charge on any atom is 0.126 e. The van der Waals surface area contributed by atoms with Gasteiger partial charge in [0.1, 0.15) is 5.82 Å². The molecule has 0 amide bonds. The average molecular weight is 275 g/mol. The van der Waals surface area contributed by atoms with Crippen molar-refractivity contribution < 1.29 is 0 Å². The topological polar surface area (TPSA) is 29.9 Å². The molecule has 1 N–H and O–H groups in total. The van der Waals surface area contributed by atoms with Crippen LogP contribution in [0.1, 0.15) is 64.2 Å². The largest absolute Gasteiger partial charge is 0.334 e. The van der Waals surface area contributed by atoms with Gasteiger partial charge in [-0.25, -0.2) is 4.98 Å². The van der Waals surface area contributed by atoms with Crippen molar-refractivity contribution in [1.82, 2.24) is 14.9 Å². The van der Waals surface area contributed by atoms with E-state index in [0.717, 1.165) is 30.8 Å². The number of nitrogens with one attached hydrogen (secondary N) is 1. The van der Waals surface area contributed by atoms with E-state index in [4.69, 9.17) is 4.98 Å². The highest BCUT2D eigenvalue weighted by Crippen LogP contribution is 2.52. The quantitative estimate of drug-likeness (QED) is 0.821. The van der Waals surface area contributed by atoms with Crippen molar-refractivity contribution >= 4 is 0 Å². The van der Waals surface area contributed by atoms with E-state index in [0.29, 0.717) is 6.04 Å². The molecule has 2 aliphatic carbocycles. The van der Waals surface area contributed by atoms with Crippen LogP contribution in [-0.2, 0) is 6.54 Å². The molecule has 2 bridgehead atoms. The number of nitrogens with zero attached hydrogens (tertiary/aromatic N) is 2. The molecule has 0 radical (unpaired) electrons. The summed E-state index contributed by atoms with van der Waals surface area (Å²) in [6.07, 6.45) is 12.4. The molecule has 2 aliphatic rings. The average Bonchev–Trinajstić information content (AvgIpc) is 3.16. The molecule has 0 aromatic carbocycles. The summed E-state index contributed by atoms with van der Waals surface area (Å²) in [6, 6.07) is 0.479.